The Morgan fingerprint density at radius 3 is 2.56 bits per heavy atom. The van der Waals surface area contributed by atoms with Crippen molar-refractivity contribution in [2.45, 2.75) is 12.8 Å². The predicted molar refractivity (Wildman–Crippen MR) is 53.2 cm³/mol. The van der Waals surface area contributed by atoms with E-state index in [2.05, 4.69) is 6.07 Å². The second-order valence-corrected chi connectivity index (χ2v) is 3.51. The second kappa shape index (κ2) is 6.58. The molecule has 1 saturated heterocycles. The molecule has 1 aromatic rings. The van der Waals surface area contributed by atoms with E-state index in [4.69, 9.17) is 4.74 Å². The van der Waals surface area contributed by atoms with Gasteiger partial charge in [-0.2, -0.15) is 6.07 Å². The van der Waals surface area contributed by atoms with Crippen LogP contribution in [0.5, 0.6) is 0 Å². The third-order valence-electron chi connectivity index (χ3n) is 2.37. The summed E-state index contributed by atoms with van der Waals surface area (Å²) in [4.78, 5) is 0. The monoisotopic (exact) mass is 298 g/mol. The number of halogens is 2. The Morgan fingerprint density at radius 1 is 1.25 bits per heavy atom. The van der Waals surface area contributed by atoms with Gasteiger partial charge in [-0.1, -0.05) is 5.57 Å². The normalized spacial score (nSPS) is 15.5. The summed E-state index contributed by atoms with van der Waals surface area (Å²) in [6.07, 6.45) is 3.60. The van der Waals surface area contributed by atoms with Crippen molar-refractivity contribution in [1.82, 2.24) is 0 Å². The van der Waals surface area contributed by atoms with Gasteiger partial charge in [0.2, 0.25) is 0 Å². The average Bonchev–Trinajstić information content (AvgIpc) is 2.25. The first-order valence-electron chi connectivity index (χ1n) is 4.89. The van der Waals surface area contributed by atoms with Gasteiger partial charge in [0.15, 0.2) is 0 Å². The molecule has 2 rings (SSSR count). The first kappa shape index (κ1) is 13.9. The van der Waals surface area contributed by atoms with Gasteiger partial charge in [-0.05, 0) is 12.8 Å². The minimum atomic E-state index is -0.927. The fraction of sp³-hybridized carbons (Fsp3) is 0.333. The van der Waals surface area contributed by atoms with Crippen LogP contribution in [0.4, 0.5) is 8.78 Å². The van der Waals surface area contributed by atoms with Crippen LogP contribution in [-0.2, 0) is 37.4 Å². The molecule has 1 fully saturated rings. The topological polar surface area (TPSA) is 9.23 Å². The molecular weight excluding hydrogens is 287 g/mol. The van der Waals surface area contributed by atoms with E-state index in [1.54, 1.807) is 0 Å². The van der Waals surface area contributed by atoms with E-state index in [1.807, 2.05) is 6.08 Å². The van der Waals surface area contributed by atoms with Crippen LogP contribution in [0.3, 0.4) is 0 Å². The van der Waals surface area contributed by atoms with Crippen LogP contribution < -0.4 is 0 Å². The molecule has 0 N–H and O–H groups in total. The Labute approximate surface area is 119 Å². The molecular formula is C12H11F2OY-. The molecule has 0 spiro atoms. The maximum atomic E-state index is 12.9. The molecule has 1 aliphatic rings. The first-order valence-corrected chi connectivity index (χ1v) is 4.89. The molecule has 0 atom stereocenters. The van der Waals surface area contributed by atoms with Crippen LogP contribution in [0.25, 0.3) is 6.08 Å². The van der Waals surface area contributed by atoms with Gasteiger partial charge >= 0.3 is 0 Å². The number of hydrogen-bond donors (Lipinski definition) is 0. The molecule has 16 heavy (non-hydrogen) atoms. The van der Waals surface area contributed by atoms with Gasteiger partial charge < -0.3 is 4.74 Å². The van der Waals surface area contributed by atoms with Crippen LogP contribution in [0.2, 0.25) is 0 Å². The van der Waals surface area contributed by atoms with E-state index in [0.29, 0.717) is 18.8 Å². The van der Waals surface area contributed by atoms with Crippen LogP contribution >= 0.6 is 0 Å². The minimum absolute atomic E-state index is 0. The van der Waals surface area contributed by atoms with E-state index in [9.17, 15) is 8.78 Å². The van der Waals surface area contributed by atoms with E-state index in [0.717, 1.165) is 12.8 Å². The summed E-state index contributed by atoms with van der Waals surface area (Å²) >= 11 is 0. The number of hydrogen-bond acceptors (Lipinski definition) is 1. The Morgan fingerprint density at radius 2 is 1.94 bits per heavy atom. The van der Waals surface area contributed by atoms with Crippen LogP contribution in [0.15, 0.2) is 17.7 Å². The van der Waals surface area contributed by atoms with Crippen molar-refractivity contribution in [3.8, 4) is 0 Å². The van der Waals surface area contributed by atoms with E-state index >= 15 is 0 Å². The van der Waals surface area contributed by atoms with E-state index in [1.165, 1.54) is 17.7 Å². The van der Waals surface area contributed by atoms with Crippen molar-refractivity contribution >= 4 is 6.08 Å². The molecule has 1 nitrogen and oxygen atoms in total. The number of rotatable bonds is 1. The second-order valence-electron chi connectivity index (χ2n) is 3.51. The summed E-state index contributed by atoms with van der Waals surface area (Å²) < 4.78 is 30.7. The molecule has 83 valence electrons. The molecule has 1 aliphatic heterocycles. The zero-order valence-corrected chi connectivity index (χ0v) is 11.6. The van der Waals surface area contributed by atoms with Gasteiger partial charge in [0, 0.05) is 44.3 Å². The first-order chi connectivity index (χ1) is 7.25. The van der Waals surface area contributed by atoms with Crippen molar-refractivity contribution in [3.05, 3.63) is 41.0 Å². The summed E-state index contributed by atoms with van der Waals surface area (Å²) in [5, 5.41) is 0. The molecule has 4 heteroatoms. The van der Waals surface area contributed by atoms with Crippen LogP contribution in [0, 0.1) is 17.7 Å². The molecule has 0 unspecified atom stereocenters. The minimum Gasteiger partial charge on any atom is -0.381 e. The maximum absolute atomic E-state index is 12.9. The average molecular weight is 298 g/mol. The zero-order valence-electron chi connectivity index (χ0n) is 8.80. The predicted octanol–water partition coefficient (Wildman–Crippen LogP) is 2.96. The Hall–Kier alpha value is -0.116. The van der Waals surface area contributed by atoms with E-state index < -0.39 is 11.6 Å². The summed E-state index contributed by atoms with van der Waals surface area (Å²) in [6, 6.07) is 4.89. The summed E-state index contributed by atoms with van der Waals surface area (Å²) in [5.41, 5.74) is 1.87. The standard InChI is InChI=1S/C12H11F2O.Y/c13-11-2-1-10(8-12(11)14)7-9-3-5-15-6-4-9;/h1,7-8H,3-6H2;/q-1;. The quantitative estimate of drug-likeness (QED) is 0.724. The molecule has 0 amide bonds. The third kappa shape index (κ3) is 3.72. The van der Waals surface area contributed by atoms with E-state index in [-0.39, 0.29) is 32.7 Å². The molecule has 0 saturated carbocycles. The summed E-state index contributed by atoms with van der Waals surface area (Å²) in [7, 11) is 0. The fourth-order valence-corrected chi connectivity index (χ4v) is 1.56. The third-order valence-corrected chi connectivity index (χ3v) is 2.37. The number of benzene rings is 1. The van der Waals surface area contributed by atoms with Gasteiger partial charge in [0.25, 0.3) is 0 Å². The van der Waals surface area contributed by atoms with Crippen molar-refractivity contribution in [3.63, 3.8) is 0 Å². The van der Waals surface area contributed by atoms with Crippen LogP contribution in [0.1, 0.15) is 18.4 Å². The molecule has 0 bridgehead atoms. The Kier molecular flexibility index (Phi) is 5.73. The van der Waals surface area contributed by atoms with Gasteiger partial charge in [0.05, 0.1) is 13.2 Å². The summed E-state index contributed by atoms with van der Waals surface area (Å²) in [6.45, 7) is 1.42. The van der Waals surface area contributed by atoms with Crippen molar-refractivity contribution in [1.29, 1.82) is 0 Å². The SMILES string of the molecule is Fc1[c-]cc(C=C2CCOCC2)cc1F.[Y]. The number of ether oxygens (including phenoxy) is 1. The van der Waals surface area contributed by atoms with Crippen molar-refractivity contribution in [2.75, 3.05) is 13.2 Å². The van der Waals surface area contributed by atoms with Gasteiger partial charge in [-0.3, -0.25) is 4.39 Å². The fourth-order valence-electron chi connectivity index (χ4n) is 1.56. The molecule has 1 radical (unpaired) electrons. The molecule has 1 heterocycles. The Balaban J connectivity index is 0.00000128. The van der Waals surface area contributed by atoms with Gasteiger partial charge in [-0.25, -0.2) is 4.39 Å². The van der Waals surface area contributed by atoms with Gasteiger partial charge in [-0.15, -0.1) is 23.8 Å². The molecule has 0 aromatic heterocycles. The molecule has 1 aromatic carbocycles. The maximum Gasteiger partial charge on any atom is 0.0503 e. The van der Waals surface area contributed by atoms with Crippen molar-refractivity contribution in [2.24, 2.45) is 0 Å². The smallest absolute Gasteiger partial charge is 0.0503 e. The largest absolute Gasteiger partial charge is 0.381 e. The Bertz CT molecular complexity index is 383. The zero-order chi connectivity index (χ0) is 10.7. The van der Waals surface area contributed by atoms with Gasteiger partial charge in [0.1, 0.15) is 0 Å². The van der Waals surface area contributed by atoms with Crippen LogP contribution in [-0.4, -0.2) is 13.2 Å². The van der Waals surface area contributed by atoms with Crippen molar-refractivity contribution < 1.29 is 46.2 Å². The summed E-state index contributed by atoms with van der Waals surface area (Å²) in [5.74, 6) is -1.78. The molecule has 0 aliphatic carbocycles.